The maximum absolute atomic E-state index is 5.30. The zero-order chi connectivity index (χ0) is 13.6. The highest BCUT2D eigenvalue weighted by Gasteiger charge is 2.14. The van der Waals surface area contributed by atoms with Crippen molar-refractivity contribution in [3.63, 3.8) is 0 Å². The van der Waals surface area contributed by atoms with Gasteiger partial charge in [-0.2, -0.15) is 28.5 Å². The van der Waals surface area contributed by atoms with Gasteiger partial charge in [0.05, 0.1) is 6.54 Å². The van der Waals surface area contributed by atoms with Gasteiger partial charge in [-0.05, 0) is 12.1 Å². The Morgan fingerprint density at radius 1 is 1.15 bits per heavy atom. The molecule has 1 aromatic heterocycles. The summed E-state index contributed by atoms with van der Waals surface area (Å²) >= 11 is 4.03. The first kappa shape index (κ1) is 14.0. The molecule has 1 saturated heterocycles. The number of benzene rings is 1. The van der Waals surface area contributed by atoms with Gasteiger partial charge < -0.3 is 9.84 Å². The van der Waals surface area contributed by atoms with Gasteiger partial charge in [0.15, 0.2) is 5.82 Å². The number of nitrogens with one attached hydrogen (secondary N) is 1. The van der Waals surface area contributed by atoms with Crippen LogP contribution >= 0.6 is 23.5 Å². The lowest BCUT2D eigenvalue weighted by Crippen LogP contribution is -2.33. The fourth-order valence-corrected chi connectivity index (χ4v) is 4.46. The molecule has 2 aromatic rings. The molecule has 0 bridgehead atoms. The minimum atomic E-state index is 0.533. The van der Waals surface area contributed by atoms with Crippen LogP contribution < -0.4 is 5.32 Å². The summed E-state index contributed by atoms with van der Waals surface area (Å²) in [5.41, 5.74) is 0.965. The third-order valence-electron chi connectivity index (χ3n) is 3.05. The van der Waals surface area contributed by atoms with Crippen LogP contribution in [0.3, 0.4) is 0 Å². The van der Waals surface area contributed by atoms with Gasteiger partial charge in [0.2, 0.25) is 0 Å². The fraction of sp³-hybridized carbons (Fsp3) is 0.429. The Kier molecular flexibility index (Phi) is 5.00. The van der Waals surface area contributed by atoms with E-state index in [9.17, 15) is 0 Å². The number of hydrogen-bond donors (Lipinski definition) is 1. The minimum absolute atomic E-state index is 0.533. The van der Waals surface area contributed by atoms with Crippen LogP contribution in [0.5, 0.6) is 0 Å². The van der Waals surface area contributed by atoms with Crippen LogP contribution in [0, 0.1) is 0 Å². The maximum Gasteiger partial charge on any atom is 0.257 e. The SMILES string of the molecule is c1ccc(-c2nc(CNC3CSCCSC3)no2)cc1. The highest BCUT2D eigenvalue weighted by molar-refractivity contribution is 8.03. The van der Waals surface area contributed by atoms with E-state index in [-0.39, 0.29) is 0 Å². The number of rotatable bonds is 4. The van der Waals surface area contributed by atoms with Gasteiger partial charge in [-0.15, -0.1) is 0 Å². The summed E-state index contributed by atoms with van der Waals surface area (Å²) in [7, 11) is 0. The lowest BCUT2D eigenvalue weighted by Gasteiger charge is -2.13. The van der Waals surface area contributed by atoms with Crippen molar-refractivity contribution in [1.82, 2.24) is 15.5 Å². The van der Waals surface area contributed by atoms with Crippen molar-refractivity contribution < 1.29 is 4.52 Å². The van der Waals surface area contributed by atoms with Crippen molar-refractivity contribution in [3.05, 3.63) is 36.2 Å². The van der Waals surface area contributed by atoms with Crippen molar-refractivity contribution >= 4 is 23.5 Å². The molecular formula is C14H17N3OS2. The Morgan fingerprint density at radius 2 is 1.90 bits per heavy atom. The van der Waals surface area contributed by atoms with E-state index in [0.717, 1.165) is 22.9 Å². The van der Waals surface area contributed by atoms with Gasteiger partial charge >= 0.3 is 0 Å². The molecule has 0 saturated carbocycles. The second-order valence-electron chi connectivity index (χ2n) is 4.61. The van der Waals surface area contributed by atoms with Gasteiger partial charge in [-0.1, -0.05) is 23.4 Å². The van der Waals surface area contributed by atoms with E-state index < -0.39 is 0 Å². The van der Waals surface area contributed by atoms with E-state index in [1.165, 1.54) is 11.5 Å². The zero-order valence-corrected chi connectivity index (χ0v) is 12.8. The molecule has 1 aliphatic rings. The van der Waals surface area contributed by atoms with Gasteiger partial charge in [0, 0.05) is 34.6 Å². The molecule has 0 amide bonds. The predicted octanol–water partition coefficient (Wildman–Crippen LogP) is 2.67. The van der Waals surface area contributed by atoms with Crippen LogP contribution in [0.2, 0.25) is 0 Å². The van der Waals surface area contributed by atoms with Crippen LogP contribution in [0.1, 0.15) is 5.82 Å². The zero-order valence-electron chi connectivity index (χ0n) is 11.1. The smallest absolute Gasteiger partial charge is 0.257 e. The highest BCUT2D eigenvalue weighted by Crippen LogP contribution is 2.18. The first-order chi connectivity index (χ1) is 9.92. The molecule has 20 heavy (non-hydrogen) atoms. The third-order valence-corrected chi connectivity index (χ3v) is 5.57. The Bertz CT molecular complexity index is 524. The number of nitrogens with zero attached hydrogens (tertiary/aromatic N) is 2. The van der Waals surface area contributed by atoms with E-state index in [1.807, 2.05) is 53.9 Å². The fourth-order valence-electron chi connectivity index (χ4n) is 1.99. The summed E-state index contributed by atoms with van der Waals surface area (Å²) in [6.07, 6.45) is 0. The molecule has 1 aliphatic heterocycles. The molecule has 0 atom stereocenters. The quantitative estimate of drug-likeness (QED) is 0.937. The molecule has 2 heterocycles. The molecule has 1 fully saturated rings. The average molecular weight is 307 g/mol. The van der Waals surface area contributed by atoms with E-state index in [1.54, 1.807) is 0 Å². The summed E-state index contributed by atoms with van der Waals surface area (Å²) in [6.45, 7) is 0.669. The molecule has 1 aromatic carbocycles. The topological polar surface area (TPSA) is 51.0 Å². The molecular weight excluding hydrogens is 290 g/mol. The van der Waals surface area contributed by atoms with E-state index >= 15 is 0 Å². The van der Waals surface area contributed by atoms with Gasteiger partial charge in [-0.25, -0.2) is 0 Å². The van der Waals surface area contributed by atoms with Gasteiger partial charge in [0.1, 0.15) is 0 Å². The standard InChI is InChI=1S/C14H17N3OS2/c1-2-4-11(5-3-1)14-16-13(17-18-14)8-15-12-9-19-6-7-20-10-12/h1-5,12,15H,6-10H2. The predicted molar refractivity (Wildman–Crippen MR) is 85.0 cm³/mol. The van der Waals surface area contributed by atoms with Crippen molar-refractivity contribution in [3.8, 4) is 11.5 Å². The molecule has 0 unspecified atom stereocenters. The number of aromatic nitrogens is 2. The van der Waals surface area contributed by atoms with Crippen molar-refractivity contribution in [2.45, 2.75) is 12.6 Å². The first-order valence-electron chi connectivity index (χ1n) is 6.69. The van der Waals surface area contributed by atoms with Gasteiger partial charge in [0.25, 0.3) is 5.89 Å². The van der Waals surface area contributed by atoms with E-state index in [0.29, 0.717) is 18.5 Å². The third kappa shape index (κ3) is 3.77. The molecule has 106 valence electrons. The molecule has 6 heteroatoms. The average Bonchev–Trinajstić information content (AvgIpc) is 2.82. The molecule has 0 spiro atoms. The normalized spacial score (nSPS) is 17.0. The summed E-state index contributed by atoms with van der Waals surface area (Å²) in [5, 5.41) is 7.55. The minimum Gasteiger partial charge on any atom is -0.334 e. The summed E-state index contributed by atoms with van der Waals surface area (Å²) in [4.78, 5) is 4.43. The van der Waals surface area contributed by atoms with Crippen LogP contribution in [0.25, 0.3) is 11.5 Å². The van der Waals surface area contributed by atoms with Crippen molar-refractivity contribution in [2.24, 2.45) is 0 Å². The van der Waals surface area contributed by atoms with E-state index in [4.69, 9.17) is 4.52 Å². The summed E-state index contributed by atoms with van der Waals surface area (Å²) in [5.74, 6) is 6.15. The van der Waals surface area contributed by atoms with Gasteiger partial charge in [-0.3, -0.25) is 0 Å². The van der Waals surface area contributed by atoms with E-state index in [2.05, 4.69) is 15.5 Å². The summed E-state index contributed by atoms with van der Waals surface area (Å²) < 4.78 is 5.30. The number of thioether (sulfide) groups is 2. The van der Waals surface area contributed by atoms with Crippen molar-refractivity contribution in [1.29, 1.82) is 0 Å². The lowest BCUT2D eigenvalue weighted by molar-refractivity contribution is 0.417. The maximum atomic E-state index is 5.30. The largest absolute Gasteiger partial charge is 0.334 e. The van der Waals surface area contributed by atoms with Crippen molar-refractivity contribution in [2.75, 3.05) is 23.0 Å². The van der Waals surface area contributed by atoms with Crippen LogP contribution in [-0.4, -0.2) is 39.2 Å². The first-order valence-corrected chi connectivity index (χ1v) is 8.99. The van der Waals surface area contributed by atoms with Crippen LogP contribution in [0.4, 0.5) is 0 Å². The second kappa shape index (κ2) is 7.15. The number of hydrogen-bond acceptors (Lipinski definition) is 6. The molecule has 1 N–H and O–H groups in total. The monoisotopic (exact) mass is 307 g/mol. The summed E-state index contributed by atoms with van der Waals surface area (Å²) in [6, 6.07) is 10.4. The Morgan fingerprint density at radius 3 is 2.65 bits per heavy atom. The molecule has 4 nitrogen and oxygen atoms in total. The Labute approximate surface area is 127 Å². The second-order valence-corrected chi connectivity index (χ2v) is 6.91. The van der Waals surface area contributed by atoms with Crippen LogP contribution in [-0.2, 0) is 6.54 Å². The Hall–Kier alpha value is -0.980. The molecule has 0 radical (unpaired) electrons. The molecule has 3 rings (SSSR count). The van der Waals surface area contributed by atoms with Crippen LogP contribution in [0.15, 0.2) is 34.9 Å². The Balaban J connectivity index is 1.57. The highest BCUT2D eigenvalue weighted by atomic mass is 32.2. The molecule has 0 aliphatic carbocycles. The lowest BCUT2D eigenvalue weighted by atomic mass is 10.2.